The van der Waals surface area contributed by atoms with Gasteiger partial charge in [-0.05, 0) is 17.7 Å². The fourth-order valence-electron chi connectivity index (χ4n) is 2.86. The molecular weight excluding hydrogens is 298 g/mol. The maximum Gasteiger partial charge on any atom is 0.271 e. The van der Waals surface area contributed by atoms with Crippen molar-refractivity contribution in [3.63, 3.8) is 0 Å². The third-order valence-electron chi connectivity index (χ3n) is 4.08. The first-order chi connectivity index (χ1) is 11.3. The van der Waals surface area contributed by atoms with Crippen LogP contribution in [0.25, 0.3) is 0 Å². The molecule has 1 saturated heterocycles. The second-order valence-electron chi connectivity index (χ2n) is 5.61. The third kappa shape index (κ3) is 2.98. The Balaban J connectivity index is 1.37. The highest BCUT2D eigenvalue weighted by Crippen LogP contribution is 2.32. The van der Waals surface area contributed by atoms with Gasteiger partial charge in [0.1, 0.15) is 6.20 Å². The standard InChI is InChI=1S/C15H17N5O3/c21-14-8-16-18-15(17-14)20-5-3-19(4-6-20)9-11-1-2-12-13(7-11)23-10-22-12/h1-2,7-8H,3-6,9-10H2,(H,17,18,21). The molecular formula is C15H17N5O3. The van der Waals surface area contributed by atoms with E-state index in [1.165, 1.54) is 11.8 Å². The molecule has 0 radical (unpaired) electrons. The van der Waals surface area contributed by atoms with Gasteiger partial charge >= 0.3 is 0 Å². The molecule has 23 heavy (non-hydrogen) atoms. The van der Waals surface area contributed by atoms with Gasteiger partial charge in [0, 0.05) is 32.7 Å². The van der Waals surface area contributed by atoms with E-state index in [2.05, 4.69) is 26.1 Å². The van der Waals surface area contributed by atoms with Gasteiger partial charge < -0.3 is 14.4 Å². The lowest BCUT2D eigenvalue weighted by atomic mass is 10.1. The second-order valence-corrected chi connectivity index (χ2v) is 5.61. The summed E-state index contributed by atoms with van der Waals surface area (Å²) < 4.78 is 10.7. The van der Waals surface area contributed by atoms with Crippen LogP contribution in [-0.4, -0.2) is 53.1 Å². The molecule has 2 aliphatic rings. The van der Waals surface area contributed by atoms with Crippen LogP contribution in [0.1, 0.15) is 5.56 Å². The van der Waals surface area contributed by atoms with Crippen molar-refractivity contribution in [1.82, 2.24) is 20.1 Å². The highest BCUT2D eigenvalue weighted by Gasteiger charge is 2.20. The molecule has 2 aliphatic heterocycles. The molecule has 3 heterocycles. The number of nitrogens with zero attached hydrogens (tertiary/aromatic N) is 4. The quantitative estimate of drug-likeness (QED) is 0.867. The number of anilines is 1. The fourth-order valence-corrected chi connectivity index (χ4v) is 2.86. The number of piperazine rings is 1. The first-order valence-corrected chi connectivity index (χ1v) is 7.56. The van der Waals surface area contributed by atoms with Crippen LogP contribution in [0.3, 0.4) is 0 Å². The Hall–Kier alpha value is -2.61. The molecule has 0 unspecified atom stereocenters. The lowest BCUT2D eigenvalue weighted by Crippen LogP contribution is -2.47. The van der Waals surface area contributed by atoms with E-state index in [1.54, 1.807) is 0 Å². The van der Waals surface area contributed by atoms with Crippen molar-refractivity contribution >= 4 is 5.95 Å². The van der Waals surface area contributed by atoms with Crippen molar-refractivity contribution < 1.29 is 9.47 Å². The van der Waals surface area contributed by atoms with Crippen LogP contribution in [0.2, 0.25) is 0 Å². The number of rotatable bonds is 3. The van der Waals surface area contributed by atoms with Crippen LogP contribution in [-0.2, 0) is 6.54 Å². The number of fused-ring (bicyclic) bond motifs is 1. The summed E-state index contributed by atoms with van der Waals surface area (Å²) in [6.45, 7) is 4.56. The van der Waals surface area contributed by atoms with Gasteiger partial charge in [-0.2, -0.15) is 0 Å². The Labute approximate surface area is 132 Å². The molecule has 1 aromatic heterocycles. The molecule has 0 saturated carbocycles. The lowest BCUT2D eigenvalue weighted by Gasteiger charge is -2.34. The van der Waals surface area contributed by atoms with E-state index in [9.17, 15) is 4.79 Å². The van der Waals surface area contributed by atoms with Crippen LogP contribution >= 0.6 is 0 Å². The highest BCUT2D eigenvalue weighted by molar-refractivity contribution is 5.44. The number of nitrogens with one attached hydrogen (secondary N) is 1. The Kier molecular flexibility index (Phi) is 3.58. The van der Waals surface area contributed by atoms with Crippen molar-refractivity contribution in [1.29, 1.82) is 0 Å². The monoisotopic (exact) mass is 315 g/mol. The molecule has 1 aromatic carbocycles. The zero-order valence-corrected chi connectivity index (χ0v) is 12.6. The summed E-state index contributed by atoms with van der Waals surface area (Å²) in [5.41, 5.74) is 0.980. The van der Waals surface area contributed by atoms with Crippen molar-refractivity contribution in [2.24, 2.45) is 0 Å². The van der Waals surface area contributed by atoms with Crippen molar-refractivity contribution in [3.8, 4) is 11.5 Å². The molecule has 2 aromatic rings. The van der Waals surface area contributed by atoms with E-state index in [0.29, 0.717) is 12.7 Å². The summed E-state index contributed by atoms with van der Waals surface area (Å²) in [7, 11) is 0. The van der Waals surface area contributed by atoms with E-state index in [1.807, 2.05) is 17.0 Å². The van der Waals surface area contributed by atoms with E-state index in [0.717, 1.165) is 44.2 Å². The van der Waals surface area contributed by atoms with E-state index < -0.39 is 0 Å². The summed E-state index contributed by atoms with van der Waals surface area (Å²) in [4.78, 5) is 18.4. The van der Waals surface area contributed by atoms with Crippen LogP contribution < -0.4 is 19.9 Å². The van der Waals surface area contributed by atoms with Gasteiger partial charge in [0.2, 0.25) is 12.7 Å². The number of benzene rings is 1. The summed E-state index contributed by atoms with van der Waals surface area (Å²) >= 11 is 0. The molecule has 0 bridgehead atoms. The summed E-state index contributed by atoms with van der Waals surface area (Å²) in [5.74, 6) is 2.17. The first kappa shape index (κ1) is 14.0. The second kappa shape index (κ2) is 5.88. The van der Waals surface area contributed by atoms with Gasteiger partial charge in [-0.25, -0.2) is 0 Å². The molecule has 1 N–H and O–H groups in total. The van der Waals surface area contributed by atoms with Gasteiger partial charge in [0.15, 0.2) is 11.5 Å². The van der Waals surface area contributed by atoms with E-state index >= 15 is 0 Å². The number of hydrogen-bond donors (Lipinski definition) is 1. The van der Waals surface area contributed by atoms with E-state index in [4.69, 9.17) is 9.47 Å². The molecule has 0 spiro atoms. The topological polar surface area (TPSA) is 83.6 Å². The minimum Gasteiger partial charge on any atom is -0.454 e. The van der Waals surface area contributed by atoms with Gasteiger partial charge in [-0.3, -0.25) is 14.7 Å². The van der Waals surface area contributed by atoms with Crippen LogP contribution in [0.4, 0.5) is 5.95 Å². The molecule has 0 aliphatic carbocycles. The number of aromatic nitrogens is 3. The van der Waals surface area contributed by atoms with Gasteiger partial charge in [0.05, 0.1) is 0 Å². The number of aromatic amines is 1. The molecule has 4 rings (SSSR count). The molecule has 0 atom stereocenters. The van der Waals surface area contributed by atoms with Crippen molar-refractivity contribution in [2.45, 2.75) is 6.54 Å². The maximum atomic E-state index is 11.3. The number of ether oxygens (including phenoxy) is 2. The molecule has 8 nitrogen and oxygen atoms in total. The third-order valence-corrected chi connectivity index (χ3v) is 4.08. The maximum absolute atomic E-state index is 11.3. The lowest BCUT2D eigenvalue weighted by molar-refractivity contribution is 0.174. The molecule has 120 valence electrons. The Morgan fingerprint density at radius 2 is 1.96 bits per heavy atom. The molecule has 0 amide bonds. The predicted molar refractivity (Wildman–Crippen MR) is 82.7 cm³/mol. The number of H-pyrrole nitrogens is 1. The Morgan fingerprint density at radius 1 is 1.13 bits per heavy atom. The molecule has 8 heteroatoms. The molecule has 1 fully saturated rings. The Morgan fingerprint density at radius 3 is 2.78 bits per heavy atom. The summed E-state index contributed by atoms with van der Waals surface area (Å²) in [6, 6.07) is 6.06. The van der Waals surface area contributed by atoms with Crippen LogP contribution in [0, 0.1) is 0 Å². The minimum absolute atomic E-state index is 0.224. The Bertz CT molecular complexity index is 755. The number of hydrogen-bond acceptors (Lipinski definition) is 7. The van der Waals surface area contributed by atoms with Gasteiger partial charge in [0.25, 0.3) is 5.56 Å². The summed E-state index contributed by atoms with van der Waals surface area (Å²) in [5, 5.41) is 7.69. The predicted octanol–water partition coefficient (Wildman–Crippen LogP) is 0.216. The van der Waals surface area contributed by atoms with Gasteiger partial charge in [-0.15, -0.1) is 10.2 Å². The smallest absolute Gasteiger partial charge is 0.271 e. The highest BCUT2D eigenvalue weighted by atomic mass is 16.7. The average molecular weight is 315 g/mol. The normalized spacial score (nSPS) is 17.5. The fraction of sp³-hybridized carbons (Fsp3) is 0.400. The zero-order chi connectivity index (χ0) is 15.6. The zero-order valence-electron chi connectivity index (χ0n) is 12.6. The average Bonchev–Trinajstić information content (AvgIpc) is 3.03. The van der Waals surface area contributed by atoms with Crippen LogP contribution in [0.5, 0.6) is 11.5 Å². The van der Waals surface area contributed by atoms with Gasteiger partial charge in [-0.1, -0.05) is 6.07 Å². The largest absolute Gasteiger partial charge is 0.454 e. The van der Waals surface area contributed by atoms with Crippen molar-refractivity contribution in [3.05, 3.63) is 40.3 Å². The van der Waals surface area contributed by atoms with Crippen LogP contribution in [0.15, 0.2) is 29.2 Å². The first-order valence-electron chi connectivity index (χ1n) is 7.56. The van der Waals surface area contributed by atoms with Crippen molar-refractivity contribution in [2.75, 3.05) is 37.9 Å². The minimum atomic E-state index is -0.224. The SMILES string of the molecule is O=c1cnnc(N2CCN(Cc3ccc4c(c3)OCO4)CC2)[nH]1. The van der Waals surface area contributed by atoms with E-state index in [-0.39, 0.29) is 5.56 Å². The summed E-state index contributed by atoms with van der Waals surface area (Å²) in [6.07, 6.45) is 1.18.